The molecule has 1 aliphatic heterocycles. The van der Waals surface area contributed by atoms with Crippen molar-refractivity contribution in [3.8, 4) is 0 Å². The highest BCUT2D eigenvalue weighted by Gasteiger charge is 2.20. The SMILES string of the molecule is CNCc1ccc(Cl)cc1N1Cc2ccccc2C1. The van der Waals surface area contributed by atoms with Gasteiger partial charge in [-0.15, -0.1) is 0 Å². The zero-order valence-electron chi connectivity index (χ0n) is 11.0. The molecule has 1 aliphatic rings. The van der Waals surface area contributed by atoms with Crippen LogP contribution in [-0.2, 0) is 19.6 Å². The zero-order valence-corrected chi connectivity index (χ0v) is 11.7. The van der Waals surface area contributed by atoms with Crippen LogP contribution >= 0.6 is 11.6 Å². The number of hydrogen-bond donors (Lipinski definition) is 1. The van der Waals surface area contributed by atoms with Gasteiger partial charge in [-0.05, 0) is 35.9 Å². The Labute approximate surface area is 119 Å². The average Bonchev–Trinajstić information content (AvgIpc) is 2.84. The van der Waals surface area contributed by atoms with Crippen LogP contribution in [0, 0.1) is 0 Å². The van der Waals surface area contributed by atoms with E-state index in [4.69, 9.17) is 11.6 Å². The molecule has 1 N–H and O–H groups in total. The van der Waals surface area contributed by atoms with Gasteiger partial charge in [-0.25, -0.2) is 0 Å². The number of nitrogens with zero attached hydrogens (tertiary/aromatic N) is 1. The summed E-state index contributed by atoms with van der Waals surface area (Å²) < 4.78 is 0. The number of hydrogen-bond acceptors (Lipinski definition) is 2. The Bertz CT molecular complexity index is 570. The monoisotopic (exact) mass is 272 g/mol. The zero-order chi connectivity index (χ0) is 13.2. The van der Waals surface area contributed by atoms with E-state index in [-0.39, 0.29) is 0 Å². The van der Waals surface area contributed by atoms with Gasteiger partial charge in [0.1, 0.15) is 0 Å². The van der Waals surface area contributed by atoms with E-state index in [1.807, 2.05) is 13.1 Å². The Kier molecular flexibility index (Phi) is 3.45. The average molecular weight is 273 g/mol. The van der Waals surface area contributed by atoms with Gasteiger partial charge in [0.2, 0.25) is 0 Å². The summed E-state index contributed by atoms with van der Waals surface area (Å²) in [5, 5.41) is 4.02. The van der Waals surface area contributed by atoms with Gasteiger partial charge in [0.25, 0.3) is 0 Å². The quantitative estimate of drug-likeness (QED) is 0.919. The first-order valence-electron chi connectivity index (χ1n) is 6.52. The van der Waals surface area contributed by atoms with Gasteiger partial charge in [-0.2, -0.15) is 0 Å². The first-order chi connectivity index (χ1) is 9.28. The Morgan fingerprint density at radius 3 is 2.42 bits per heavy atom. The lowest BCUT2D eigenvalue weighted by Crippen LogP contribution is -2.18. The highest BCUT2D eigenvalue weighted by Crippen LogP contribution is 2.32. The highest BCUT2D eigenvalue weighted by atomic mass is 35.5. The third-order valence-corrected chi connectivity index (χ3v) is 3.83. The van der Waals surface area contributed by atoms with Crippen LogP contribution < -0.4 is 10.2 Å². The lowest BCUT2D eigenvalue weighted by atomic mass is 10.1. The van der Waals surface area contributed by atoms with E-state index < -0.39 is 0 Å². The molecule has 2 aromatic carbocycles. The lowest BCUT2D eigenvalue weighted by Gasteiger charge is -2.22. The van der Waals surface area contributed by atoms with Crippen molar-refractivity contribution in [2.24, 2.45) is 0 Å². The molecule has 98 valence electrons. The molecule has 3 heteroatoms. The van der Waals surface area contributed by atoms with Crippen molar-refractivity contribution in [1.82, 2.24) is 5.32 Å². The maximum Gasteiger partial charge on any atom is 0.0436 e. The Balaban J connectivity index is 1.94. The number of benzene rings is 2. The maximum absolute atomic E-state index is 6.16. The summed E-state index contributed by atoms with van der Waals surface area (Å²) in [6.45, 7) is 2.79. The highest BCUT2D eigenvalue weighted by molar-refractivity contribution is 6.30. The molecule has 0 amide bonds. The molecule has 1 heterocycles. The van der Waals surface area contributed by atoms with Gasteiger partial charge in [-0.1, -0.05) is 41.9 Å². The molecule has 0 aliphatic carbocycles. The summed E-state index contributed by atoms with van der Waals surface area (Å²) in [4.78, 5) is 2.39. The Morgan fingerprint density at radius 1 is 1.11 bits per heavy atom. The van der Waals surface area contributed by atoms with Gasteiger partial charge in [0.15, 0.2) is 0 Å². The second-order valence-corrected chi connectivity index (χ2v) is 5.36. The van der Waals surface area contributed by atoms with Gasteiger partial charge in [0, 0.05) is 30.3 Å². The maximum atomic E-state index is 6.16. The molecule has 0 atom stereocenters. The second kappa shape index (κ2) is 5.24. The number of nitrogens with one attached hydrogen (secondary N) is 1. The molecule has 2 nitrogen and oxygen atoms in total. The van der Waals surface area contributed by atoms with Crippen molar-refractivity contribution >= 4 is 17.3 Å². The molecule has 0 spiro atoms. The smallest absolute Gasteiger partial charge is 0.0436 e. The van der Waals surface area contributed by atoms with Gasteiger partial charge < -0.3 is 10.2 Å². The third kappa shape index (κ3) is 2.46. The molecule has 0 fully saturated rings. The standard InChI is InChI=1S/C16H17ClN2/c1-18-9-12-6-7-15(17)8-16(12)19-10-13-4-2-3-5-14(13)11-19/h2-8,18H,9-11H2,1H3. The Hall–Kier alpha value is -1.51. The largest absolute Gasteiger partial charge is 0.363 e. The van der Waals surface area contributed by atoms with E-state index in [1.165, 1.54) is 22.4 Å². The van der Waals surface area contributed by atoms with Crippen molar-refractivity contribution in [1.29, 1.82) is 0 Å². The van der Waals surface area contributed by atoms with Crippen molar-refractivity contribution in [3.63, 3.8) is 0 Å². The summed E-state index contributed by atoms with van der Waals surface area (Å²) in [5.74, 6) is 0. The molecule has 0 saturated carbocycles. The van der Waals surface area contributed by atoms with Crippen molar-refractivity contribution < 1.29 is 0 Å². The molecule has 0 unspecified atom stereocenters. The number of rotatable bonds is 3. The summed E-state index contributed by atoms with van der Waals surface area (Å²) in [7, 11) is 1.97. The number of fused-ring (bicyclic) bond motifs is 1. The van der Waals surface area contributed by atoms with Gasteiger partial charge >= 0.3 is 0 Å². The molecular formula is C16H17ClN2. The van der Waals surface area contributed by atoms with E-state index in [1.54, 1.807) is 0 Å². The molecule has 0 saturated heterocycles. The predicted molar refractivity (Wildman–Crippen MR) is 80.5 cm³/mol. The predicted octanol–water partition coefficient (Wildman–Crippen LogP) is 3.58. The fourth-order valence-corrected chi connectivity index (χ4v) is 2.84. The number of anilines is 1. The van der Waals surface area contributed by atoms with Crippen LogP contribution in [0.25, 0.3) is 0 Å². The fourth-order valence-electron chi connectivity index (χ4n) is 2.67. The van der Waals surface area contributed by atoms with Crippen molar-refractivity contribution in [3.05, 3.63) is 64.2 Å². The van der Waals surface area contributed by atoms with Crippen LogP contribution in [0.2, 0.25) is 5.02 Å². The van der Waals surface area contributed by atoms with Crippen LogP contribution in [0.15, 0.2) is 42.5 Å². The molecule has 19 heavy (non-hydrogen) atoms. The van der Waals surface area contributed by atoms with E-state index in [0.29, 0.717) is 0 Å². The minimum absolute atomic E-state index is 0.797. The van der Waals surface area contributed by atoms with Gasteiger partial charge in [-0.3, -0.25) is 0 Å². The van der Waals surface area contributed by atoms with Crippen LogP contribution in [0.3, 0.4) is 0 Å². The molecule has 3 rings (SSSR count). The van der Waals surface area contributed by atoms with E-state index in [2.05, 4.69) is 46.6 Å². The van der Waals surface area contributed by atoms with Crippen LogP contribution in [-0.4, -0.2) is 7.05 Å². The topological polar surface area (TPSA) is 15.3 Å². The summed E-state index contributed by atoms with van der Waals surface area (Å²) in [6.07, 6.45) is 0. The molecule has 0 bridgehead atoms. The van der Waals surface area contributed by atoms with Crippen LogP contribution in [0.5, 0.6) is 0 Å². The summed E-state index contributed by atoms with van der Waals surface area (Å²) in [6, 6.07) is 14.8. The summed E-state index contributed by atoms with van der Waals surface area (Å²) in [5.41, 5.74) is 5.36. The van der Waals surface area contributed by atoms with E-state index in [0.717, 1.165) is 24.7 Å². The second-order valence-electron chi connectivity index (χ2n) is 4.93. The normalized spacial score (nSPS) is 13.7. The van der Waals surface area contributed by atoms with Crippen LogP contribution in [0.4, 0.5) is 5.69 Å². The van der Waals surface area contributed by atoms with Crippen molar-refractivity contribution in [2.45, 2.75) is 19.6 Å². The summed E-state index contributed by atoms with van der Waals surface area (Å²) >= 11 is 6.16. The first-order valence-corrected chi connectivity index (χ1v) is 6.90. The minimum atomic E-state index is 0.797. The molecular weight excluding hydrogens is 256 g/mol. The van der Waals surface area contributed by atoms with Crippen molar-refractivity contribution in [2.75, 3.05) is 11.9 Å². The van der Waals surface area contributed by atoms with E-state index >= 15 is 0 Å². The lowest BCUT2D eigenvalue weighted by molar-refractivity contribution is 0.797. The molecule has 2 aromatic rings. The third-order valence-electron chi connectivity index (χ3n) is 3.60. The molecule has 0 radical (unpaired) electrons. The van der Waals surface area contributed by atoms with Crippen LogP contribution in [0.1, 0.15) is 16.7 Å². The fraction of sp³-hybridized carbons (Fsp3) is 0.250. The first kappa shape index (κ1) is 12.5. The van der Waals surface area contributed by atoms with Gasteiger partial charge in [0.05, 0.1) is 0 Å². The molecule has 0 aromatic heterocycles. The minimum Gasteiger partial charge on any atom is -0.363 e. The number of halogens is 1. The van der Waals surface area contributed by atoms with E-state index in [9.17, 15) is 0 Å². The Morgan fingerprint density at radius 2 is 1.79 bits per heavy atom.